The SMILES string of the molecule is NC(=O)c1ccc2nc(-c3ccc4c(c3)CC[C@@H]4N)c(-c3ccccc3)n2n1. The van der Waals surface area contributed by atoms with Gasteiger partial charge in [0.25, 0.3) is 5.91 Å². The van der Waals surface area contributed by atoms with Crippen LogP contribution in [0.4, 0.5) is 0 Å². The highest BCUT2D eigenvalue weighted by molar-refractivity contribution is 5.91. The van der Waals surface area contributed by atoms with E-state index < -0.39 is 5.91 Å². The maximum atomic E-state index is 11.6. The smallest absolute Gasteiger partial charge is 0.269 e. The zero-order valence-electron chi connectivity index (χ0n) is 15.2. The lowest BCUT2D eigenvalue weighted by Crippen LogP contribution is -2.14. The molecule has 2 heterocycles. The van der Waals surface area contributed by atoms with Crippen LogP contribution in [-0.4, -0.2) is 20.5 Å². The van der Waals surface area contributed by atoms with Gasteiger partial charge < -0.3 is 11.5 Å². The van der Waals surface area contributed by atoms with E-state index in [1.807, 2.05) is 30.3 Å². The summed E-state index contributed by atoms with van der Waals surface area (Å²) in [5.41, 5.74) is 18.6. The lowest BCUT2D eigenvalue weighted by molar-refractivity contribution is 0.0994. The van der Waals surface area contributed by atoms with E-state index in [1.165, 1.54) is 11.1 Å². The first-order valence-corrected chi connectivity index (χ1v) is 9.25. The molecule has 28 heavy (non-hydrogen) atoms. The largest absolute Gasteiger partial charge is 0.364 e. The maximum Gasteiger partial charge on any atom is 0.269 e. The number of primary amides is 1. The number of benzene rings is 2. The minimum absolute atomic E-state index is 0.110. The molecule has 2 aromatic heterocycles. The Kier molecular flexibility index (Phi) is 3.74. The Morgan fingerprint density at radius 3 is 2.64 bits per heavy atom. The molecule has 1 amide bonds. The number of nitrogens with zero attached hydrogens (tertiary/aromatic N) is 3. The number of imidazole rings is 1. The number of rotatable bonds is 3. The molecule has 6 nitrogen and oxygen atoms in total. The molecule has 0 radical (unpaired) electrons. The zero-order valence-corrected chi connectivity index (χ0v) is 15.2. The summed E-state index contributed by atoms with van der Waals surface area (Å²) in [5.74, 6) is -0.567. The fraction of sp³-hybridized carbons (Fsp3) is 0.136. The number of amides is 1. The van der Waals surface area contributed by atoms with Crippen LogP contribution in [0.15, 0.2) is 60.7 Å². The van der Waals surface area contributed by atoms with Crippen molar-refractivity contribution in [2.75, 3.05) is 0 Å². The van der Waals surface area contributed by atoms with Crippen molar-refractivity contribution in [3.8, 4) is 22.5 Å². The van der Waals surface area contributed by atoms with Crippen molar-refractivity contribution < 1.29 is 4.79 Å². The predicted molar refractivity (Wildman–Crippen MR) is 108 cm³/mol. The van der Waals surface area contributed by atoms with Gasteiger partial charge in [0.05, 0.1) is 5.69 Å². The fourth-order valence-corrected chi connectivity index (χ4v) is 3.92. The summed E-state index contributed by atoms with van der Waals surface area (Å²) in [6.07, 6.45) is 1.95. The van der Waals surface area contributed by atoms with Gasteiger partial charge in [0, 0.05) is 17.2 Å². The third kappa shape index (κ3) is 2.58. The fourth-order valence-electron chi connectivity index (χ4n) is 3.92. The number of hydrogen-bond donors (Lipinski definition) is 2. The third-order valence-electron chi connectivity index (χ3n) is 5.32. The van der Waals surface area contributed by atoms with Crippen molar-refractivity contribution in [3.63, 3.8) is 0 Å². The van der Waals surface area contributed by atoms with Crippen LogP contribution in [0.2, 0.25) is 0 Å². The Morgan fingerprint density at radius 1 is 1.04 bits per heavy atom. The molecule has 4 aromatic rings. The second kappa shape index (κ2) is 6.28. The minimum atomic E-state index is -0.567. The standard InChI is InChI=1S/C22H19N5O/c23-17-9-7-14-12-15(6-8-16(14)17)20-21(13-4-2-1-3-5-13)27-19(25-20)11-10-18(26-27)22(24)28/h1-6,8,10-12,17H,7,9,23H2,(H2,24,28)/t17-/m0/s1. The lowest BCUT2D eigenvalue weighted by Gasteiger charge is -2.08. The van der Waals surface area contributed by atoms with Crippen LogP contribution in [0.3, 0.4) is 0 Å². The van der Waals surface area contributed by atoms with Crippen LogP contribution in [0.1, 0.15) is 34.1 Å². The van der Waals surface area contributed by atoms with Crippen LogP contribution in [0, 0.1) is 0 Å². The van der Waals surface area contributed by atoms with E-state index in [0.717, 1.165) is 35.4 Å². The molecule has 5 rings (SSSR count). The van der Waals surface area contributed by atoms with Crippen molar-refractivity contribution >= 4 is 11.6 Å². The molecule has 4 N–H and O–H groups in total. The Balaban J connectivity index is 1.78. The molecule has 1 aliphatic rings. The Morgan fingerprint density at radius 2 is 1.86 bits per heavy atom. The van der Waals surface area contributed by atoms with Gasteiger partial charge in [0.2, 0.25) is 0 Å². The van der Waals surface area contributed by atoms with Crippen molar-refractivity contribution in [3.05, 3.63) is 77.5 Å². The van der Waals surface area contributed by atoms with E-state index in [1.54, 1.807) is 16.6 Å². The van der Waals surface area contributed by atoms with Gasteiger partial charge in [-0.15, -0.1) is 0 Å². The molecule has 1 atom stereocenters. The molecular weight excluding hydrogens is 350 g/mol. The van der Waals surface area contributed by atoms with E-state index in [-0.39, 0.29) is 11.7 Å². The first kappa shape index (κ1) is 16.6. The second-order valence-corrected chi connectivity index (χ2v) is 7.09. The molecule has 2 aromatic carbocycles. The Bertz CT molecular complexity index is 1210. The van der Waals surface area contributed by atoms with E-state index in [9.17, 15) is 4.79 Å². The third-order valence-corrected chi connectivity index (χ3v) is 5.32. The molecule has 0 aliphatic heterocycles. The zero-order chi connectivity index (χ0) is 19.3. The van der Waals surface area contributed by atoms with Crippen LogP contribution in [-0.2, 0) is 6.42 Å². The average Bonchev–Trinajstić information content (AvgIpc) is 3.28. The molecule has 6 heteroatoms. The summed E-state index contributed by atoms with van der Waals surface area (Å²) in [4.78, 5) is 16.5. The highest BCUT2D eigenvalue weighted by atomic mass is 16.1. The van der Waals surface area contributed by atoms with Gasteiger partial charge in [0.15, 0.2) is 5.65 Å². The van der Waals surface area contributed by atoms with Crippen LogP contribution >= 0.6 is 0 Å². The van der Waals surface area contributed by atoms with Gasteiger partial charge in [-0.3, -0.25) is 4.79 Å². The number of nitrogens with two attached hydrogens (primary N) is 2. The number of aryl methyl sites for hydroxylation is 1. The van der Waals surface area contributed by atoms with E-state index in [0.29, 0.717) is 5.65 Å². The number of carbonyl (C=O) groups excluding carboxylic acids is 1. The number of hydrogen-bond acceptors (Lipinski definition) is 4. The summed E-state index contributed by atoms with van der Waals surface area (Å²) in [7, 11) is 0. The Hall–Kier alpha value is -3.51. The van der Waals surface area contributed by atoms with Crippen LogP contribution in [0.5, 0.6) is 0 Å². The summed E-state index contributed by atoms with van der Waals surface area (Å²) < 4.78 is 1.70. The van der Waals surface area contributed by atoms with Gasteiger partial charge in [-0.25, -0.2) is 9.50 Å². The highest BCUT2D eigenvalue weighted by Crippen LogP contribution is 2.36. The molecule has 0 spiro atoms. The van der Waals surface area contributed by atoms with E-state index in [2.05, 4.69) is 23.3 Å². The van der Waals surface area contributed by atoms with Crippen molar-refractivity contribution in [2.24, 2.45) is 11.5 Å². The van der Waals surface area contributed by atoms with Gasteiger partial charge >= 0.3 is 0 Å². The molecule has 0 saturated carbocycles. The maximum absolute atomic E-state index is 11.6. The summed E-state index contributed by atoms with van der Waals surface area (Å²) >= 11 is 0. The number of aromatic nitrogens is 3. The summed E-state index contributed by atoms with van der Waals surface area (Å²) in [6.45, 7) is 0. The predicted octanol–water partition coefficient (Wildman–Crippen LogP) is 3.11. The van der Waals surface area contributed by atoms with Gasteiger partial charge in [-0.1, -0.05) is 42.5 Å². The lowest BCUT2D eigenvalue weighted by atomic mass is 10.0. The highest BCUT2D eigenvalue weighted by Gasteiger charge is 2.22. The minimum Gasteiger partial charge on any atom is -0.364 e. The van der Waals surface area contributed by atoms with E-state index in [4.69, 9.17) is 16.5 Å². The first-order valence-electron chi connectivity index (χ1n) is 9.25. The second-order valence-electron chi connectivity index (χ2n) is 7.09. The topological polar surface area (TPSA) is 99.3 Å². The molecule has 138 valence electrons. The van der Waals surface area contributed by atoms with Crippen LogP contribution < -0.4 is 11.5 Å². The molecule has 0 unspecified atom stereocenters. The summed E-state index contributed by atoms with van der Waals surface area (Å²) in [6, 6.07) is 19.7. The van der Waals surface area contributed by atoms with Crippen LogP contribution in [0.25, 0.3) is 28.2 Å². The molecular formula is C22H19N5O. The molecule has 0 fully saturated rings. The number of carbonyl (C=O) groups is 1. The quantitative estimate of drug-likeness (QED) is 0.579. The summed E-state index contributed by atoms with van der Waals surface area (Å²) in [5, 5.41) is 4.44. The van der Waals surface area contributed by atoms with Gasteiger partial charge in [-0.05, 0) is 42.2 Å². The normalized spacial score (nSPS) is 15.7. The number of fused-ring (bicyclic) bond motifs is 2. The van der Waals surface area contributed by atoms with Crippen molar-refractivity contribution in [2.45, 2.75) is 18.9 Å². The molecule has 0 bridgehead atoms. The monoisotopic (exact) mass is 369 g/mol. The first-order chi connectivity index (χ1) is 13.6. The molecule has 1 aliphatic carbocycles. The average molecular weight is 369 g/mol. The van der Waals surface area contributed by atoms with Gasteiger partial charge in [-0.2, -0.15) is 5.10 Å². The van der Waals surface area contributed by atoms with E-state index >= 15 is 0 Å². The van der Waals surface area contributed by atoms with Gasteiger partial charge in [0.1, 0.15) is 11.4 Å². The van der Waals surface area contributed by atoms with Crippen molar-refractivity contribution in [1.29, 1.82) is 0 Å². The Labute approximate surface area is 161 Å². The molecule has 0 saturated heterocycles. The van der Waals surface area contributed by atoms with Crippen molar-refractivity contribution in [1.82, 2.24) is 14.6 Å².